The maximum Gasteiger partial charge on any atom is 0.392 e. The van der Waals surface area contributed by atoms with Crippen LogP contribution in [0.1, 0.15) is 38.2 Å². The van der Waals surface area contributed by atoms with Crippen LogP contribution in [0.25, 0.3) is 0 Å². The van der Waals surface area contributed by atoms with E-state index in [2.05, 4.69) is 4.98 Å². The fraction of sp³-hybridized carbons (Fsp3) is 0.684. The Balaban J connectivity index is 1.57. The number of hydrogen-bond donors (Lipinski definition) is 0. The van der Waals surface area contributed by atoms with Crippen LogP contribution < -0.4 is 0 Å². The van der Waals surface area contributed by atoms with Crippen molar-refractivity contribution in [3.05, 3.63) is 30.1 Å². The number of hydrogen-bond acceptors (Lipinski definition) is 3. The lowest BCUT2D eigenvalue weighted by molar-refractivity contribution is -0.175. The van der Waals surface area contributed by atoms with E-state index < -0.39 is 12.1 Å². The van der Waals surface area contributed by atoms with Crippen LogP contribution in [0.3, 0.4) is 0 Å². The number of carbonyl (C=O) groups is 1. The highest BCUT2D eigenvalue weighted by Gasteiger charge is 2.42. The number of aromatic nitrogens is 1. The van der Waals surface area contributed by atoms with Crippen LogP contribution in [0.15, 0.2) is 24.5 Å². The summed E-state index contributed by atoms with van der Waals surface area (Å²) in [4.78, 5) is 20.2. The second-order valence-electron chi connectivity index (χ2n) is 7.85. The third-order valence-electron chi connectivity index (χ3n) is 5.88. The number of halogens is 3. The standard InChI is InChI=1S/C19H26F3N3O/c1-15(19(20,21)22)12-24-10-6-18(7-11-24)5-2-17(26)25(14-18)13-16-3-8-23-9-4-16/h3-4,8-9,15H,2,5-7,10-14H2,1H3. The van der Waals surface area contributed by atoms with E-state index in [4.69, 9.17) is 0 Å². The van der Waals surface area contributed by atoms with Crippen molar-refractivity contribution in [1.29, 1.82) is 0 Å². The van der Waals surface area contributed by atoms with Crippen molar-refractivity contribution >= 4 is 5.91 Å². The molecule has 0 N–H and O–H groups in total. The minimum Gasteiger partial charge on any atom is -0.338 e. The number of nitrogens with zero attached hydrogens (tertiary/aromatic N) is 3. The van der Waals surface area contributed by atoms with Crippen LogP contribution in [-0.4, -0.2) is 53.0 Å². The molecule has 3 rings (SSSR count). The van der Waals surface area contributed by atoms with E-state index in [9.17, 15) is 18.0 Å². The van der Waals surface area contributed by atoms with Crippen LogP contribution in [0, 0.1) is 11.3 Å². The summed E-state index contributed by atoms with van der Waals surface area (Å²) >= 11 is 0. The second kappa shape index (κ2) is 7.55. The molecule has 7 heteroatoms. The third-order valence-corrected chi connectivity index (χ3v) is 5.88. The summed E-state index contributed by atoms with van der Waals surface area (Å²) < 4.78 is 38.3. The van der Waals surface area contributed by atoms with E-state index in [1.807, 2.05) is 21.9 Å². The number of pyridine rings is 1. The van der Waals surface area contributed by atoms with Crippen molar-refractivity contribution in [2.24, 2.45) is 11.3 Å². The molecule has 2 aliphatic rings. The molecule has 1 aromatic heterocycles. The minimum atomic E-state index is -4.13. The van der Waals surface area contributed by atoms with Crippen LogP contribution in [-0.2, 0) is 11.3 Å². The molecule has 3 heterocycles. The fourth-order valence-electron chi connectivity index (χ4n) is 4.06. The number of piperidine rings is 2. The first-order valence-corrected chi connectivity index (χ1v) is 9.23. The molecule has 144 valence electrons. The molecule has 1 unspecified atom stereocenters. The van der Waals surface area contributed by atoms with Crippen molar-refractivity contribution < 1.29 is 18.0 Å². The molecule has 4 nitrogen and oxygen atoms in total. The van der Waals surface area contributed by atoms with E-state index >= 15 is 0 Å². The van der Waals surface area contributed by atoms with E-state index in [1.54, 1.807) is 12.4 Å². The largest absolute Gasteiger partial charge is 0.392 e. The van der Waals surface area contributed by atoms with E-state index in [-0.39, 0.29) is 17.9 Å². The van der Waals surface area contributed by atoms with Crippen molar-refractivity contribution in [3.63, 3.8) is 0 Å². The molecule has 0 aliphatic carbocycles. The predicted octanol–water partition coefficient (Wildman–Crippen LogP) is 3.48. The van der Waals surface area contributed by atoms with Gasteiger partial charge in [-0.15, -0.1) is 0 Å². The van der Waals surface area contributed by atoms with Gasteiger partial charge in [0.15, 0.2) is 0 Å². The third kappa shape index (κ3) is 4.55. The first kappa shape index (κ1) is 19.1. The molecule has 2 fully saturated rings. The van der Waals surface area contributed by atoms with Crippen LogP contribution in [0.2, 0.25) is 0 Å². The molecule has 1 atom stereocenters. The van der Waals surface area contributed by atoms with Gasteiger partial charge in [0.05, 0.1) is 5.92 Å². The van der Waals surface area contributed by atoms with E-state index in [0.717, 1.165) is 24.8 Å². The van der Waals surface area contributed by atoms with E-state index in [1.165, 1.54) is 6.92 Å². The normalized spacial score (nSPS) is 22.6. The summed E-state index contributed by atoms with van der Waals surface area (Å²) in [6, 6.07) is 3.82. The molecular weight excluding hydrogens is 343 g/mol. The number of rotatable bonds is 4. The topological polar surface area (TPSA) is 36.4 Å². The Morgan fingerprint density at radius 1 is 1.19 bits per heavy atom. The average molecular weight is 369 g/mol. The number of likely N-dealkylation sites (tertiary alicyclic amines) is 2. The van der Waals surface area contributed by atoms with Gasteiger partial charge in [-0.1, -0.05) is 6.92 Å². The number of alkyl halides is 3. The fourth-order valence-corrected chi connectivity index (χ4v) is 4.06. The van der Waals surface area contributed by atoms with E-state index in [0.29, 0.717) is 32.6 Å². The first-order chi connectivity index (χ1) is 12.3. The SMILES string of the molecule is CC(CN1CCC2(CCC(=O)N(Cc3ccncc3)C2)CC1)C(F)(F)F. The molecule has 1 spiro atoms. The summed E-state index contributed by atoms with van der Waals surface area (Å²) in [7, 11) is 0. The maximum atomic E-state index is 12.8. The second-order valence-corrected chi connectivity index (χ2v) is 7.85. The van der Waals surface area contributed by atoms with Gasteiger partial charge in [-0.3, -0.25) is 9.78 Å². The quantitative estimate of drug-likeness (QED) is 0.815. The van der Waals surface area contributed by atoms with Gasteiger partial charge in [0.25, 0.3) is 0 Å². The Labute approximate surface area is 152 Å². The zero-order chi connectivity index (χ0) is 18.8. The number of carbonyl (C=O) groups excluding carboxylic acids is 1. The van der Waals surface area contributed by atoms with Crippen molar-refractivity contribution in [2.75, 3.05) is 26.2 Å². The molecule has 26 heavy (non-hydrogen) atoms. The molecule has 0 aromatic carbocycles. The molecule has 1 amide bonds. The number of amides is 1. The van der Waals surface area contributed by atoms with Crippen LogP contribution in [0.5, 0.6) is 0 Å². The summed E-state index contributed by atoms with van der Waals surface area (Å²) in [6.07, 6.45) is 2.41. The Kier molecular flexibility index (Phi) is 5.55. The van der Waals surface area contributed by atoms with Gasteiger partial charge < -0.3 is 9.80 Å². The lowest BCUT2D eigenvalue weighted by atomic mass is 9.72. The molecular formula is C19H26F3N3O. The van der Waals surface area contributed by atoms with Gasteiger partial charge >= 0.3 is 6.18 Å². The zero-order valence-corrected chi connectivity index (χ0v) is 15.1. The molecule has 0 radical (unpaired) electrons. The highest BCUT2D eigenvalue weighted by atomic mass is 19.4. The Morgan fingerprint density at radius 3 is 2.46 bits per heavy atom. The minimum absolute atomic E-state index is 0.0545. The molecule has 0 bridgehead atoms. The van der Waals surface area contributed by atoms with Gasteiger partial charge in [-0.05, 0) is 55.5 Å². The molecule has 1 aromatic rings. The summed E-state index contributed by atoms with van der Waals surface area (Å²) in [5.74, 6) is -1.13. The van der Waals surface area contributed by atoms with Crippen molar-refractivity contribution in [2.45, 2.75) is 45.3 Å². The smallest absolute Gasteiger partial charge is 0.338 e. The van der Waals surface area contributed by atoms with Crippen molar-refractivity contribution in [1.82, 2.24) is 14.8 Å². The van der Waals surface area contributed by atoms with Gasteiger partial charge in [-0.2, -0.15) is 13.2 Å². The summed E-state index contributed by atoms with van der Waals surface area (Å²) in [5, 5.41) is 0. The highest BCUT2D eigenvalue weighted by Crippen LogP contribution is 2.41. The van der Waals surface area contributed by atoms with Gasteiger partial charge in [0.2, 0.25) is 5.91 Å². The van der Waals surface area contributed by atoms with Gasteiger partial charge in [0, 0.05) is 38.4 Å². The summed E-state index contributed by atoms with van der Waals surface area (Å²) in [6.45, 7) is 3.96. The zero-order valence-electron chi connectivity index (χ0n) is 15.1. The lowest BCUT2D eigenvalue weighted by Gasteiger charge is -2.48. The Bertz CT molecular complexity index is 612. The first-order valence-electron chi connectivity index (χ1n) is 9.23. The highest BCUT2D eigenvalue weighted by molar-refractivity contribution is 5.77. The average Bonchev–Trinajstić information content (AvgIpc) is 2.60. The Hall–Kier alpha value is -1.63. The predicted molar refractivity (Wildman–Crippen MR) is 92.2 cm³/mol. The summed E-state index contributed by atoms with van der Waals surface area (Å²) in [5.41, 5.74) is 1.11. The molecule has 2 aliphatic heterocycles. The Morgan fingerprint density at radius 2 is 1.85 bits per heavy atom. The molecule has 0 saturated carbocycles. The lowest BCUT2D eigenvalue weighted by Crippen LogP contribution is -2.52. The monoisotopic (exact) mass is 369 g/mol. The van der Waals surface area contributed by atoms with Crippen LogP contribution in [0.4, 0.5) is 13.2 Å². The maximum absolute atomic E-state index is 12.8. The van der Waals surface area contributed by atoms with Gasteiger partial charge in [-0.25, -0.2) is 0 Å². The van der Waals surface area contributed by atoms with Crippen molar-refractivity contribution in [3.8, 4) is 0 Å². The van der Waals surface area contributed by atoms with Crippen LogP contribution >= 0.6 is 0 Å². The van der Waals surface area contributed by atoms with Gasteiger partial charge in [0.1, 0.15) is 0 Å². The molecule has 2 saturated heterocycles.